The van der Waals surface area contributed by atoms with Gasteiger partial charge in [-0.25, -0.2) is 4.98 Å². The van der Waals surface area contributed by atoms with Gasteiger partial charge in [-0.15, -0.1) is 17.5 Å². The third-order valence-corrected chi connectivity index (χ3v) is 11.3. The summed E-state index contributed by atoms with van der Waals surface area (Å²) < 4.78 is 12.8. The van der Waals surface area contributed by atoms with Crippen LogP contribution < -0.4 is 9.30 Å². The summed E-state index contributed by atoms with van der Waals surface area (Å²) in [5.41, 5.74) is 9.68. The molecule has 0 unspecified atom stereocenters. The van der Waals surface area contributed by atoms with E-state index in [9.17, 15) is 0 Å². The number of nitrogens with zero attached hydrogens (tertiary/aromatic N) is 5. The van der Waals surface area contributed by atoms with E-state index in [1.54, 1.807) is 6.20 Å². The maximum absolute atomic E-state index is 6.56. The number of benzene rings is 5. The van der Waals surface area contributed by atoms with Gasteiger partial charge in [-0.2, -0.15) is 18.2 Å². The van der Waals surface area contributed by atoms with E-state index in [0.717, 1.165) is 44.3 Å². The van der Waals surface area contributed by atoms with Crippen LogP contribution >= 0.6 is 0 Å². The van der Waals surface area contributed by atoms with E-state index in [0.29, 0.717) is 17.3 Å². The molecule has 0 spiro atoms. The molecule has 0 fully saturated rings. The van der Waals surface area contributed by atoms with Gasteiger partial charge in [-0.05, 0) is 74.6 Å². The monoisotopic (exact) mass is 952 g/mol. The van der Waals surface area contributed by atoms with Gasteiger partial charge >= 0.3 is 0 Å². The Hall–Kier alpha value is -5.84. The fraction of sp³-hybridized carbons (Fsp3) is 0.212. The molecule has 59 heavy (non-hydrogen) atoms. The van der Waals surface area contributed by atoms with Gasteiger partial charge in [-0.1, -0.05) is 146 Å². The smallest absolute Gasteiger partial charge is 0.269 e. The first-order chi connectivity index (χ1) is 27.8. The quantitative estimate of drug-likeness (QED) is 0.118. The van der Waals surface area contributed by atoms with Crippen LogP contribution in [0.1, 0.15) is 77.6 Å². The first kappa shape index (κ1) is 40.0. The summed E-state index contributed by atoms with van der Waals surface area (Å²) in [7, 11) is 0. The van der Waals surface area contributed by atoms with Crippen molar-refractivity contribution in [2.24, 2.45) is 0 Å². The Kier molecular flexibility index (Phi) is 10.2. The van der Waals surface area contributed by atoms with E-state index < -0.39 is 0 Å². The Balaban J connectivity index is 0.00000484. The van der Waals surface area contributed by atoms with E-state index >= 15 is 0 Å². The average molecular weight is 953 g/mol. The molecule has 0 amide bonds. The van der Waals surface area contributed by atoms with Crippen molar-refractivity contribution in [1.29, 1.82) is 0 Å². The standard InChI is InChI=1S/C52H47N5O.Pt/c1-50(2,3)37-28-38(51(4,5)6)30-39(29-37)55-34-56(46-21-15-14-20-45(46)55)48-33-41(25-27-53-48)58-40-22-23-43-42-18-12-13-19-44(42)57(47(43)32-40)49-31-36(24-26-54-49)52(7,8)35-16-10-9-11-17-35;/h9-31H,1-8H3;/q-2;. The number of pyridine rings is 2. The van der Waals surface area contributed by atoms with Crippen molar-refractivity contribution < 1.29 is 30.4 Å². The number of hydrogen-bond acceptors (Lipinski definition) is 3. The van der Waals surface area contributed by atoms with Gasteiger partial charge in [0.1, 0.15) is 5.82 Å². The summed E-state index contributed by atoms with van der Waals surface area (Å²) in [6.07, 6.45) is 7.29. The van der Waals surface area contributed by atoms with Crippen LogP contribution in [0.5, 0.6) is 11.5 Å². The zero-order valence-electron chi connectivity index (χ0n) is 34.7. The first-order valence-corrected chi connectivity index (χ1v) is 19.9. The summed E-state index contributed by atoms with van der Waals surface area (Å²) in [6.45, 7) is 18.1. The molecule has 0 aliphatic carbocycles. The Morgan fingerprint density at radius 3 is 1.93 bits per heavy atom. The molecule has 0 bridgehead atoms. The summed E-state index contributed by atoms with van der Waals surface area (Å²) >= 11 is 0. The van der Waals surface area contributed by atoms with Crippen LogP contribution in [0.25, 0.3) is 50.2 Å². The van der Waals surface area contributed by atoms with Crippen LogP contribution in [-0.2, 0) is 37.3 Å². The van der Waals surface area contributed by atoms with E-state index in [2.05, 4.69) is 192 Å². The zero-order chi connectivity index (χ0) is 40.4. The second-order valence-corrected chi connectivity index (χ2v) is 17.7. The number of rotatable bonds is 7. The van der Waals surface area contributed by atoms with Crippen molar-refractivity contribution in [1.82, 2.24) is 19.1 Å². The van der Waals surface area contributed by atoms with Crippen LogP contribution in [0.15, 0.2) is 140 Å². The second-order valence-electron chi connectivity index (χ2n) is 17.7. The van der Waals surface area contributed by atoms with Crippen molar-refractivity contribution in [2.45, 2.75) is 71.6 Å². The van der Waals surface area contributed by atoms with Crippen molar-refractivity contribution in [3.8, 4) is 28.8 Å². The average Bonchev–Trinajstić information content (AvgIpc) is 3.77. The molecule has 4 heterocycles. The Morgan fingerprint density at radius 2 is 1.20 bits per heavy atom. The van der Waals surface area contributed by atoms with E-state index in [1.807, 2.05) is 29.0 Å². The van der Waals surface area contributed by atoms with Crippen LogP contribution in [-0.4, -0.2) is 19.1 Å². The molecule has 4 aromatic heterocycles. The minimum absolute atomic E-state index is 0. The van der Waals surface area contributed by atoms with Gasteiger partial charge in [0.25, 0.3) is 6.33 Å². The number of fused-ring (bicyclic) bond motifs is 4. The number of aromatic nitrogens is 5. The second kappa shape index (κ2) is 15.1. The van der Waals surface area contributed by atoms with Gasteiger partial charge in [0, 0.05) is 43.9 Å². The third kappa shape index (κ3) is 7.40. The Bertz CT molecular complexity index is 2950. The molecule has 0 aliphatic rings. The molecule has 0 radical (unpaired) electrons. The largest absolute Gasteiger partial charge is 0.522 e. The molecular weight excluding hydrogens is 906 g/mol. The SMILES string of the molecule is CC(C)(C)c1cc(-[n+]2[c-]n(-c3[c-]c(Oc4[c-]c5c(cc4)c4ccccc4n5-c4cc(C(C)(C)c5ccccc5)ccn4)ccn3)c3ccccc32)cc(C(C)(C)C)c1.[Pt]. The van der Waals surface area contributed by atoms with E-state index in [-0.39, 0.29) is 37.3 Å². The minimum atomic E-state index is -0.224. The van der Waals surface area contributed by atoms with Gasteiger partial charge in [0.05, 0.1) is 22.5 Å². The van der Waals surface area contributed by atoms with Crippen molar-refractivity contribution in [3.63, 3.8) is 0 Å². The Morgan fingerprint density at radius 1 is 0.559 bits per heavy atom. The molecule has 5 aromatic carbocycles. The molecule has 298 valence electrons. The van der Waals surface area contributed by atoms with Crippen molar-refractivity contribution in [3.05, 3.63) is 181 Å². The summed E-state index contributed by atoms with van der Waals surface area (Å²) in [6, 6.07) is 51.5. The van der Waals surface area contributed by atoms with Gasteiger partial charge in [-0.3, -0.25) is 14.1 Å². The summed E-state index contributed by atoms with van der Waals surface area (Å²) in [5.74, 6) is 2.49. The fourth-order valence-corrected chi connectivity index (χ4v) is 7.79. The third-order valence-electron chi connectivity index (χ3n) is 11.3. The molecule has 0 saturated heterocycles. The first-order valence-electron chi connectivity index (χ1n) is 19.9. The van der Waals surface area contributed by atoms with E-state index in [4.69, 9.17) is 14.7 Å². The van der Waals surface area contributed by atoms with E-state index in [1.165, 1.54) is 22.3 Å². The molecule has 0 aliphatic heterocycles. The molecule has 0 atom stereocenters. The van der Waals surface area contributed by atoms with Gasteiger partial charge in [0.15, 0.2) is 0 Å². The predicted octanol–water partition coefficient (Wildman–Crippen LogP) is 11.9. The summed E-state index contributed by atoms with van der Waals surface area (Å²) in [5, 5.41) is 2.19. The van der Waals surface area contributed by atoms with Crippen LogP contribution in [0.2, 0.25) is 0 Å². The number of ether oxygens (including phenoxy) is 1. The topological polar surface area (TPSA) is 48.8 Å². The van der Waals surface area contributed by atoms with Crippen LogP contribution in [0, 0.1) is 18.5 Å². The molecule has 7 heteroatoms. The molecule has 0 saturated carbocycles. The van der Waals surface area contributed by atoms with Gasteiger partial charge in [0.2, 0.25) is 0 Å². The molecule has 9 aromatic rings. The molecule has 0 N–H and O–H groups in total. The van der Waals surface area contributed by atoms with Crippen LogP contribution in [0.4, 0.5) is 0 Å². The Labute approximate surface area is 361 Å². The van der Waals surface area contributed by atoms with Gasteiger partial charge < -0.3 is 9.30 Å². The van der Waals surface area contributed by atoms with Crippen molar-refractivity contribution in [2.75, 3.05) is 0 Å². The number of para-hydroxylation sites is 3. The summed E-state index contributed by atoms with van der Waals surface area (Å²) in [4.78, 5) is 9.67. The fourth-order valence-electron chi connectivity index (χ4n) is 7.79. The molecule has 6 nitrogen and oxygen atoms in total. The minimum Gasteiger partial charge on any atom is -0.522 e. The number of imidazole rings is 1. The van der Waals surface area contributed by atoms with Crippen LogP contribution in [0.3, 0.4) is 0 Å². The molecule has 9 rings (SSSR count). The molecular formula is C52H47N5OPt-2. The maximum Gasteiger partial charge on any atom is 0.269 e. The predicted molar refractivity (Wildman–Crippen MR) is 234 cm³/mol. The zero-order valence-corrected chi connectivity index (χ0v) is 37.0. The van der Waals surface area contributed by atoms with Crippen molar-refractivity contribution >= 4 is 32.8 Å². The number of hydrogen-bond donors (Lipinski definition) is 0. The normalized spacial score (nSPS) is 12.3. The maximum atomic E-state index is 6.56.